The molecule has 5 nitrogen and oxygen atoms in total. The lowest BCUT2D eigenvalue weighted by Gasteiger charge is -2.18. The van der Waals surface area contributed by atoms with E-state index in [9.17, 15) is 0 Å². The number of rotatable bonds is 3. The fourth-order valence-corrected chi connectivity index (χ4v) is 5.40. The highest BCUT2D eigenvalue weighted by molar-refractivity contribution is 7.24. The normalized spacial score (nSPS) is 15.1. The Morgan fingerprint density at radius 3 is 2.23 bits per heavy atom. The minimum Gasteiger partial charge on any atom is -0.485 e. The van der Waals surface area contributed by atoms with E-state index in [1.165, 1.54) is 0 Å². The average molecular weight is 388 g/mol. The predicted molar refractivity (Wildman–Crippen MR) is 101 cm³/mol. The van der Waals surface area contributed by atoms with Crippen molar-refractivity contribution in [3.63, 3.8) is 0 Å². The van der Waals surface area contributed by atoms with Gasteiger partial charge in [0.25, 0.3) is 0 Å². The second-order valence-electron chi connectivity index (χ2n) is 5.99. The van der Waals surface area contributed by atoms with Crippen molar-refractivity contribution >= 4 is 22.7 Å². The summed E-state index contributed by atoms with van der Waals surface area (Å²) in [6.07, 6.45) is 4.18. The minimum absolute atomic E-state index is 0.561. The van der Waals surface area contributed by atoms with E-state index >= 15 is 0 Å². The third kappa shape index (κ3) is 2.54. The Balaban J connectivity index is 1.65. The molecule has 3 aromatic rings. The van der Waals surface area contributed by atoms with Gasteiger partial charge in [0, 0.05) is 23.1 Å². The van der Waals surface area contributed by atoms with Gasteiger partial charge >= 0.3 is 0 Å². The van der Waals surface area contributed by atoms with E-state index in [1.807, 2.05) is 5.38 Å². The van der Waals surface area contributed by atoms with Crippen molar-refractivity contribution in [2.24, 2.45) is 0 Å². The number of hydrogen-bond acceptors (Lipinski definition) is 6. The number of ether oxygens (including phenoxy) is 4. The van der Waals surface area contributed by atoms with E-state index in [4.69, 9.17) is 18.9 Å². The molecule has 0 saturated heterocycles. The molecule has 0 unspecified atom stereocenters. The van der Waals surface area contributed by atoms with E-state index < -0.39 is 0 Å². The van der Waals surface area contributed by atoms with E-state index in [0.717, 1.165) is 49.7 Å². The quantitative estimate of drug-likeness (QED) is 0.636. The van der Waals surface area contributed by atoms with Gasteiger partial charge in [-0.25, -0.2) is 4.57 Å². The number of hydrogen-bond donors (Lipinski definition) is 0. The number of nitrogens with zero attached hydrogens (tertiary/aromatic N) is 1. The summed E-state index contributed by atoms with van der Waals surface area (Å²) < 4.78 is 25.7. The maximum atomic E-state index is 6.01. The maximum absolute atomic E-state index is 6.01. The number of thiophene rings is 2. The highest BCUT2D eigenvalue weighted by atomic mass is 32.1. The Bertz CT molecular complexity index is 945. The summed E-state index contributed by atoms with van der Waals surface area (Å²) in [5.41, 5.74) is 1.13. The third-order valence-corrected chi connectivity index (χ3v) is 6.73. The molecule has 0 radical (unpaired) electrons. The van der Waals surface area contributed by atoms with Crippen LogP contribution in [0, 0.1) is 0 Å². The highest BCUT2D eigenvalue weighted by Gasteiger charge is 2.30. The largest absolute Gasteiger partial charge is 0.485 e. The van der Waals surface area contributed by atoms with Crippen molar-refractivity contribution in [3.8, 4) is 43.2 Å². The summed E-state index contributed by atoms with van der Waals surface area (Å²) in [4.78, 5) is 3.20. The molecule has 134 valence electrons. The van der Waals surface area contributed by atoms with Gasteiger partial charge in [-0.1, -0.05) is 0 Å². The molecule has 0 bridgehead atoms. The number of aryl methyl sites for hydroxylation is 1. The molecule has 5 heterocycles. The van der Waals surface area contributed by atoms with E-state index in [1.54, 1.807) is 22.7 Å². The number of fused-ring (bicyclic) bond motifs is 2. The predicted octanol–water partition coefficient (Wildman–Crippen LogP) is 3.99. The van der Waals surface area contributed by atoms with Crippen molar-refractivity contribution in [2.75, 3.05) is 26.4 Å². The lowest BCUT2D eigenvalue weighted by Crippen LogP contribution is -2.30. The molecule has 2 aliphatic rings. The molecule has 5 rings (SSSR count). The molecule has 3 aromatic heterocycles. The van der Waals surface area contributed by atoms with Gasteiger partial charge in [-0.15, -0.1) is 22.7 Å². The maximum Gasteiger partial charge on any atom is 0.181 e. The third-order valence-electron chi connectivity index (χ3n) is 4.42. The van der Waals surface area contributed by atoms with Crippen LogP contribution in [0.15, 0.2) is 29.9 Å². The average Bonchev–Trinajstić information content (AvgIpc) is 3.29. The molecule has 0 aliphatic carbocycles. The molecular formula is C19H18NO4S2+. The van der Waals surface area contributed by atoms with E-state index in [2.05, 4.69) is 36.0 Å². The van der Waals surface area contributed by atoms with E-state index in [-0.39, 0.29) is 0 Å². The standard InChI is InChI=1S/C19H18NO4S2/c1-2-20-5-3-12(4-6-20)17-15-16(24-10-9-23-15)19(26-17)18-14-13(11-25-18)21-7-8-22-14/h3-6,11H,2,7-10H2,1H3/q+1. The van der Waals surface area contributed by atoms with Crippen LogP contribution in [-0.4, -0.2) is 26.4 Å². The summed E-state index contributed by atoms with van der Waals surface area (Å²) in [5, 5.41) is 2.01. The molecule has 26 heavy (non-hydrogen) atoms. The first-order valence-electron chi connectivity index (χ1n) is 8.64. The van der Waals surface area contributed by atoms with Crippen LogP contribution >= 0.6 is 22.7 Å². The summed E-state index contributed by atoms with van der Waals surface area (Å²) >= 11 is 3.31. The highest BCUT2D eigenvalue weighted by Crippen LogP contribution is 2.58. The van der Waals surface area contributed by atoms with Gasteiger partial charge in [0.05, 0.1) is 14.6 Å². The van der Waals surface area contributed by atoms with Crippen molar-refractivity contribution in [3.05, 3.63) is 29.9 Å². The Morgan fingerprint density at radius 1 is 0.846 bits per heavy atom. The second-order valence-corrected chi connectivity index (χ2v) is 7.89. The molecule has 0 atom stereocenters. The molecule has 0 fully saturated rings. The SMILES string of the molecule is CC[n+]1ccc(-c2sc(-c3scc4c3OCCO4)c3c2OCCO3)cc1. The molecule has 0 aromatic carbocycles. The van der Waals surface area contributed by atoms with E-state index in [0.29, 0.717) is 26.4 Å². The topological polar surface area (TPSA) is 40.8 Å². The lowest BCUT2D eigenvalue weighted by atomic mass is 10.2. The zero-order valence-electron chi connectivity index (χ0n) is 14.3. The smallest absolute Gasteiger partial charge is 0.181 e. The zero-order chi connectivity index (χ0) is 17.5. The van der Waals surface area contributed by atoms with Crippen LogP contribution in [0.5, 0.6) is 23.0 Å². The fraction of sp³-hybridized carbons (Fsp3) is 0.316. The minimum atomic E-state index is 0.561. The summed E-state index contributed by atoms with van der Waals surface area (Å²) in [6, 6.07) is 4.25. The Morgan fingerprint density at radius 2 is 1.50 bits per heavy atom. The molecular weight excluding hydrogens is 370 g/mol. The molecule has 0 saturated carbocycles. The van der Waals surface area contributed by atoms with Crippen molar-refractivity contribution in [1.82, 2.24) is 0 Å². The first-order valence-corrected chi connectivity index (χ1v) is 10.3. The van der Waals surface area contributed by atoms with Crippen LogP contribution in [0.1, 0.15) is 6.92 Å². The van der Waals surface area contributed by atoms with Gasteiger partial charge in [-0.2, -0.15) is 0 Å². The van der Waals surface area contributed by atoms with Crippen LogP contribution in [0.25, 0.3) is 20.2 Å². The second kappa shape index (κ2) is 6.48. The van der Waals surface area contributed by atoms with Gasteiger partial charge < -0.3 is 18.9 Å². The van der Waals surface area contributed by atoms with Gasteiger partial charge in [0.1, 0.15) is 33.0 Å². The van der Waals surface area contributed by atoms with Gasteiger partial charge in [-0.05, 0) is 6.92 Å². The van der Waals surface area contributed by atoms with Gasteiger partial charge in [0.2, 0.25) is 0 Å². The van der Waals surface area contributed by atoms with Crippen LogP contribution < -0.4 is 23.5 Å². The van der Waals surface area contributed by atoms with Crippen molar-refractivity contribution < 1.29 is 23.5 Å². The zero-order valence-corrected chi connectivity index (χ0v) is 16.0. The molecule has 0 amide bonds. The Hall–Kier alpha value is -2.25. The number of aromatic nitrogens is 1. The summed E-state index contributed by atoms with van der Waals surface area (Å²) in [6.45, 7) is 5.38. The van der Waals surface area contributed by atoms with Crippen LogP contribution in [0.4, 0.5) is 0 Å². The lowest BCUT2D eigenvalue weighted by molar-refractivity contribution is -0.693. The number of pyridine rings is 1. The first-order chi connectivity index (χ1) is 12.8. The Labute approximate surface area is 159 Å². The molecule has 0 N–H and O–H groups in total. The first kappa shape index (κ1) is 16.0. The van der Waals surface area contributed by atoms with Crippen LogP contribution in [0.3, 0.4) is 0 Å². The molecule has 7 heteroatoms. The molecule has 0 spiro atoms. The summed E-state index contributed by atoms with van der Waals surface area (Å²) in [5.74, 6) is 3.30. The summed E-state index contributed by atoms with van der Waals surface area (Å²) in [7, 11) is 0. The van der Waals surface area contributed by atoms with Crippen LogP contribution in [-0.2, 0) is 6.54 Å². The molecule has 2 aliphatic heterocycles. The van der Waals surface area contributed by atoms with Crippen molar-refractivity contribution in [2.45, 2.75) is 13.5 Å². The fourth-order valence-electron chi connectivity index (χ4n) is 3.13. The van der Waals surface area contributed by atoms with Gasteiger partial charge in [-0.3, -0.25) is 0 Å². The van der Waals surface area contributed by atoms with Crippen molar-refractivity contribution in [1.29, 1.82) is 0 Å². The monoisotopic (exact) mass is 388 g/mol. The van der Waals surface area contributed by atoms with Gasteiger partial charge in [0.15, 0.2) is 35.4 Å². The van der Waals surface area contributed by atoms with Crippen LogP contribution in [0.2, 0.25) is 0 Å². The Kier molecular flexibility index (Phi) is 3.98.